The number of likely N-dealkylation sites (tertiary alicyclic amines) is 1. The van der Waals surface area contributed by atoms with Crippen molar-refractivity contribution in [1.82, 2.24) is 20.1 Å². The fourth-order valence-corrected chi connectivity index (χ4v) is 10.3. The zero-order chi connectivity index (χ0) is 43.3. The smallest absolute Gasteiger partial charge is 0.372 e. The Balaban J connectivity index is 0.691. The van der Waals surface area contributed by atoms with Crippen LogP contribution in [-0.2, 0) is 20.6 Å². The van der Waals surface area contributed by atoms with Crippen LogP contribution in [0.25, 0.3) is 4.85 Å². The molecule has 17 heteroatoms. The Hall–Kier alpha value is -6.02. The second-order valence-electron chi connectivity index (χ2n) is 17.7. The highest BCUT2D eigenvalue weighted by molar-refractivity contribution is 6.23. The average molecular weight is 852 g/mol. The molecule has 5 saturated heterocycles. The molecule has 1 unspecified atom stereocenters. The number of nitrogens with zero attached hydrogens (tertiary/aromatic N) is 7. The lowest BCUT2D eigenvalue weighted by molar-refractivity contribution is -0.137. The number of hydrogen-bond donors (Lipinski definition) is 2. The fourth-order valence-electron chi connectivity index (χ4n) is 10.3. The Kier molecular flexibility index (Phi) is 10.9. The van der Waals surface area contributed by atoms with Crippen LogP contribution in [0.5, 0.6) is 0 Å². The number of alkyl halides is 3. The molecule has 2 N–H and O–H groups in total. The first-order valence-corrected chi connectivity index (χ1v) is 21.5. The van der Waals surface area contributed by atoms with E-state index < -0.39 is 47.1 Å². The minimum Gasteiger partial charge on any atom is -0.372 e. The molecule has 0 saturated carbocycles. The van der Waals surface area contributed by atoms with Crippen molar-refractivity contribution < 1.29 is 37.1 Å². The number of anilines is 4. The number of halogens is 3. The number of pyridine rings is 1. The van der Waals surface area contributed by atoms with Gasteiger partial charge < -0.3 is 24.9 Å². The van der Waals surface area contributed by atoms with Gasteiger partial charge in [-0.05, 0) is 98.7 Å². The van der Waals surface area contributed by atoms with Crippen LogP contribution in [0.1, 0.15) is 77.6 Å². The maximum Gasteiger partial charge on any atom is 0.407 e. The zero-order valence-corrected chi connectivity index (χ0v) is 34.3. The molecule has 7 heterocycles. The molecule has 3 aromatic rings. The molecule has 14 nitrogen and oxygen atoms in total. The summed E-state index contributed by atoms with van der Waals surface area (Å²) in [5.41, 5.74) is 1.86. The van der Waals surface area contributed by atoms with Crippen LogP contribution in [0.15, 0.2) is 54.7 Å². The SMILES string of the molecule is [C-]#[N+]c1ccc(N2CCC(C(=O)Nc3ccc(N4CCC5(CC4)CN(CC4CCN(c6ccc7c(c6)C(=O)N(C6CCC(=O)NC6=O)C7=O)CC4)C5)cn3)CC2)cc1C(F)(F)F. The first-order chi connectivity index (χ1) is 29.8. The lowest BCUT2D eigenvalue weighted by Crippen LogP contribution is -2.61. The number of amides is 5. The van der Waals surface area contributed by atoms with E-state index in [0.717, 1.165) is 93.8 Å². The minimum atomic E-state index is -4.62. The molecule has 5 amide bonds. The van der Waals surface area contributed by atoms with Gasteiger partial charge in [0, 0.05) is 82.6 Å². The summed E-state index contributed by atoms with van der Waals surface area (Å²) in [6, 6.07) is 11.9. The Morgan fingerprint density at radius 3 is 2.08 bits per heavy atom. The first-order valence-electron chi connectivity index (χ1n) is 21.5. The number of carbonyl (C=O) groups excluding carboxylic acids is 5. The molecule has 0 bridgehead atoms. The van der Waals surface area contributed by atoms with E-state index in [1.807, 2.05) is 23.1 Å². The Labute approximate surface area is 357 Å². The molecule has 2 aromatic carbocycles. The van der Waals surface area contributed by atoms with Crippen LogP contribution in [0.2, 0.25) is 0 Å². The zero-order valence-electron chi connectivity index (χ0n) is 34.3. The number of benzene rings is 2. The summed E-state index contributed by atoms with van der Waals surface area (Å²) < 4.78 is 40.5. The second kappa shape index (κ2) is 16.4. The van der Waals surface area contributed by atoms with E-state index in [0.29, 0.717) is 59.9 Å². The Morgan fingerprint density at radius 2 is 1.44 bits per heavy atom. The van der Waals surface area contributed by atoms with Gasteiger partial charge in [-0.3, -0.25) is 34.2 Å². The number of carbonyl (C=O) groups is 5. The van der Waals surface area contributed by atoms with Crippen LogP contribution in [0.4, 0.5) is 41.7 Å². The lowest BCUT2D eigenvalue weighted by Gasteiger charge is -2.55. The van der Waals surface area contributed by atoms with Crippen molar-refractivity contribution in [2.24, 2.45) is 17.3 Å². The number of rotatable bonds is 8. The van der Waals surface area contributed by atoms with E-state index in [1.165, 1.54) is 12.1 Å². The predicted molar refractivity (Wildman–Crippen MR) is 224 cm³/mol. The monoisotopic (exact) mass is 851 g/mol. The first kappa shape index (κ1) is 41.3. The normalized spacial score (nSPS) is 22.4. The van der Waals surface area contributed by atoms with E-state index in [1.54, 1.807) is 18.3 Å². The lowest BCUT2D eigenvalue weighted by atomic mass is 9.71. The van der Waals surface area contributed by atoms with Crippen LogP contribution in [-0.4, -0.2) is 109 Å². The third-order valence-corrected chi connectivity index (χ3v) is 13.9. The van der Waals surface area contributed by atoms with E-state index in [9.17, 15) is 37.1 Å². The molecule has 0 radical (unpaired) electrons. The molecule has 6 aliphatic rings. The third kappa shape index (κ3) is 8.07. The van der Waals surface area contributed by atoms with Gasteiger partial charge in [-0.2, -0.15) is 13.2 Å². The molecule has 1 aromatic heterocycles. The van der Waals surface area contributed by atoms with Crippen molar-refractivity contribution in [3.63, 3.8) is 0 Å². The number of imide groups is 2. The van der Waals surface area contributed by atoms with Crippen LogP contribution < -0.4 is 25.3 Å². The minimum absolute atomic E-state index is 0.0856. The van der Waals surface area contributed by atoms with Crippen molar-refractivity contribution in [2.75, 3.05) is 78.9 Å². The second-order valence-corrected chi connectivity index (χ2v) is 17.7. The molecule has 9 rings (SSSR count). The molecule has 62 heavy (non-hydrogen) atoms. The molecule has 1 spiro atoms. The molecule has 1 atom stereocenters. The van der Waals surface area contributed by atoms with E-state index in [4.69, 9.17) is 6.57 Å². The number of aromatic nitrogens is 1. The summed E-state index contributed by atoms with van der Waals surface area (Å²) in [4.78, 5) is 81.2. The molecule has 5 fully saturated rings. The molecular weight excluding hydrogens is 804 g/mol. The number of nitrogens with one attached hydrogen (secondary N) is 2. The standard InChI is InChI=1S/C45H48F3N9O5/c1-49-36-6-3-31(23-35(36)45(46,47)48)55-18-12-29(13-19-55)40(59)51-38-8-4-32(24-50-38)56-20-14-44(15-21-56)26-53(27-44)25-28-10-16-54(17-11-28)30-2-5-33-34(22-30)43(62)57(42(33)61)37-7-9-39(58)52-41(37)60/h2-6,8,22-24,28-29,37H,7,9-21,25-27H2,(H,50,51,59)(H,52,58,60). The van der Waals surface area contributed by atoms with Gasteiger partial charge >= 0.3 is 6.18 Å². The van der Waals surface area contributed by atoms with Gasteiger partial charge in [-0.25, -0.2) is 9.83 Å². The predicted octanol–water partition coefficient (Wildman–Crippen LogP) is 5.73. The van der Waals surface area contributed by atoms with Gasteiger partial charge in [0.15, 0.2) is 5.69 Å². The summed E-state index contributed by atoms with van der Waals surface area (Å²) in [7, 11) is 0. The van der Waals surface area contributed by atoms with Crippen molar-refractivity contribution >= 4 is 58.1 Å². The highest BCUT2D eigenvalue weighted by Gasteiger charge is 2.47. The highest BCUT2D eigenvalue weighted by Crippen LogP contribution is 2.43. The average Bonchev–Trinajstić information content (AvgIpc) is 3.51. The summed E-state index contributed by atoms with van der Waals surface area (Å²) in [5, 5.41) is 5.16. The molecule has 0 aliphatic carbocycles. The summed E-state index contributed by atoms with van der Waals surface area (Å²) in [6.45, 7) is 14.8. The van der Waals surface area contributed by atoms with Gasteiger partial charge in [0.05, 0.1) is 35.1 Å². The number of piperidine rings is 4. The molecular formula is C45H48F3N9O5. The van der Waals surface area contributed by atoms with Gasteiger partial charge in [0.1, 0.15) is 11.9 Å². The summed E-state index contributed by atoms with van der Waals surface area (Å²) >= 11 is 0. The fraction of sp³-hybridized carbons (Fsp3) is 0.489. The highest BCUT2D eigenvalue weighted by atomic mass is 19.4. The summed E-state index contributed by atoms with van der Waals surface area (Å²) in [6.07, 6.45) is 2.64. The maximum absolute atomic E-state index is 13.5. The number of hydrogen-bond acceptors (Lipinski definition) is 10. The van der Waals surface area contributed by atoms with Crippen LogP contribution in [0.3, 0.4) is 0 Å². The van der Waals surface area contributed by atoms with Crippen LogP contribution >= 0.6 is 0 Å². The molecule has 6 aliphatic heterocycles. The topological polar surface area (TPSA) is 143 Å². The van der Waals surface area contributed by atoms with Crippen LogP contribution in [0, 0.1) is 23.8 Å². The van der Waals surface area contributed by atoms with E-state index >= 15 is 0 Å². The Bertz CT molecular complexity index is 2320. The van der Waals surface area contributed by atoms with Crippen molar-refractivity contribution in [1.29, 1.82) is 0 Å². The van der Waals surface area contributed by atoms with Crippen molar-refractivity contribution in [2.45, 2.75) is 63.6 Å². The van der Waals surface area contributed by atoms with Gasteiger partial charge in [-0.15, -0.1) is 0 Å². The quantitative estimate of drug-likeness (QED) is 0.213. The van der Waals surface area contributed by atoms with Crippen molar-refractivity contribution in [3.05, 3.63) is 82.8 Å². The van der Waals surface area contributed by atoms with E-state index in [2.05, 4.69) is 35.2 Å². The maximum atomic E-state index is 13.5. The summed E-state index contributed by atoms with van der Waals surface area (Å²) in [5.74, 6) is -1.38. The van der Waals surface area contributed by atoms with Gasteiger partial charge in [-0.1, -0.05) is 6.07 Å². The Morgan fingerprint density at radius 1 is 0.806 bits per heavy atom. The largest absolute Gasteiger partial charge is 0.407 e. The molecule has 324 valence electrons. The van der Waals surface area contributed by atoms with Gasteiger partial charge in [0.2, 0.25) is 17.7 Å². The third-order valence-electron chi connectivity index (χ3n) is 13.9. The van der Waals surface area contributed by atoms with Crippen molar-refractivity contribution in [3.8, 4) is 0 Å². The van der Waals surface area contributed by atoms with Gasteiger partial charge in [0.25, 0.3) is 11.8 Å². The van der Waals surface area contributed by atoms with E-state index in [-0.39, 0.29) is 24.7 Å². The number of fused-ring (bicyclic) bond motifs is 1.